The summed E-state index contributed by atoms with van der Waals surface area (Å²) in [7, 11) is 0. The molecule has 0 saturated carbocycles. The fourth-order valence-corrected chi connectivity index (χ4v) is 7.02. The molecular formula is C47H35N3. The zero-order valence-corrected chi connectivity index (χ0v) is 27.5. The second-order valence-corrected chi connectivity index (χ2v) is 12.9. The lowest BCUT2D eigenvalue weighted by atomic mass is 9.93. The fourth-order valence-electron chi connectivity index (χ4n) is 7.02. The third-order valence-electron chi connectivity index (χ3n) is 9.70. The van der Waals surface area contributed by atoms with Crippen LogP contribution in [0.4, 0.5) is 0 Å². The highest BCUT2D eigenvalue weighted by molar-refractivity contribution is 5.99. The van der Waals surface area contributed by atoms with E-state index < -0.39 is 0 Å². The van der Waals surface area contributed by atoms with E-state index in [1.807, 2.05) is 6.07 Å². The van der Waals surface area contributed by atoms with E-state index in [2.05, 4.69) is 193 Å². The van der Waals surface area contributed by atoms with Crippen LogP contribution in [0.15, 0.2) is 193 Å². The van der Waals surface area contributed by atoms with Crippen LogP contribution in [0.5, 0.6) is 0 Å². The molecule has 8 aromatic carbocycles. The first-order chi connectivity index (χ1) is 24.7. The molecular weight excluding hydrogens is 607 g/mol. The quantitative estimate of drug-likeness (QED) is 0.190. The van der Waals surface area contributed by atoms with Crippen LogP contribution in [-0.2, 0) is 0 Å². The van der Waals surface area contributed by atoms with E-state index in [9.17, 15) is 0 Å². The Labute approximate surface area is 292 Å². The summed E-state index contributed by atoms with van der Waals surface area (Å²) in [4.78, 5) is 5.33. The first kappa shape index (κ1) is 29.8. The number of benzene rings is 8. The number of aliphatic imine (C=N–C) groups is 1. The predicted molar refractivity (Wildman–Crippen MR) is 209 cm³/mol. The van der Waals surface area contributed by atoms with Gasteiger partial charge in [-0.05, 0) is 96.4 Å². The Morgan fingerprint density at radius 1 is 0.340 bits per heavy atom. The molecule has 0 aromatic heterocycles. The van der Waals surface area contributed by atoms with Crippen molar-refractivity contribution < 1.29 is 0 Å². The van der Waals surface area contributed by atoms with Crippen LogP contribution >= 0.6 is 0 Å². The Balaban J connectivity index is 1.17. The summed E-state index contributed by atoms with van der Waals surface area (Å²) in [6.07, 6.45) is -0.434. The van der Waals surface area contributed by atoms with Gasteiger partial charge in [0.05, 0.1) is 0 Å². The van der Waals surface area contributed by atoms with Crippen molar-refractivity contribution in [1.29, 1.82) is 0 Å². The standard InChI is InChI=1S/C47H35N3/c1-3-11-32(12-4-1)35-19-23-37(24-20-35)46-48-45(36-15-5-2-6-16-36)49-47(50-46)44-30-42(40-25-21-33-13-7-9-17-38(33)27-40)29-43(31-44)41-26-22-34-14-8-10-18-39(34)28-41/h1-31,46-47,50H,(H,48,49). The van der Waals surface area contributed by atoms with Crippen molar-refractivity contribution >= 4 is 27.4 Å². The van der Waals surface area contributed by atoms with E-state index in [0.29, 0.717) is 0 Å². The normalized spacial score (nSPS) is 15.8. The van der Waals surface area contributed by atoms with Gasteiger partial charge in [-0.2, -0.15) is 0 Å². The summed E-state index contributed by atoms with van der Waals surface area (Å²) < 4.78 is 0. The first-order valence-corrected chi connectivity index (χ1v) is 17.2. The Bertz CT molecular complexity index is 2390. The van der Waals surface area contributed by atoms with Gasteiger partial charge < -0.3 is 5.32 Å². The van der Waals surface area contributed by atoms with Crippen LogP contribution in [0.2, 0.25) is 0 Å². The van der Waals surface area contributed by atoms with E-state index in [4.69, 9.17) is 4.99 Å². The lowest BCUT2D eigenvalue weighted by molar-refractivity contribution is 0.409. The SMILES string of the molecule is c1ccc(C2=NC(c3cc(-c4ccc5ccccc5c4)cc(-c4ccc5ccccc5c4)c3)NC(c3ccc(-c4ccccc4)cc3)N2)cc1. The van der Waals surface area contributed by atoms with Crippen molar-refractivity contribution in [3.63, 3.8) is 0 Å². The molecule has 3 nitrogen and oxygen atoms in total. The highest BCUT2D eigenvalue weighted by atomic mass is 15.3. The fraction of sp³-hybridized carbons (Fsp3) is 0.0426. The largest absolute Gasteiger partial charge is 0.350 e. The second kappa shape index (κ2) is 13.0. The average molecular weight is 642 g/mol. The van der Waals surface area contributed by atoms with Crippen LogP contribution in [0.25, 0.3) is 54.9 Å². The van der Waals surface area contributed by atoms with Crippen LogP contribution < -0.4 is 10.6 Å². The predicted octanol–water partition coefficient (Wildman–Crippen LogP) is 11.3. The molecule has 9 rings (SSSR count). The van der Waals surface area contributed by atoms with Crippen molar-refractivity contribution in [1.82, 2.24) is 10.6 Å². The zero-order valence-electron chi connectivity index (χ0n) is 27.5. The minimum atomic E-state index is -0.287. The third-order valence-corrected chi connectivity index (χ3v) is 9.70. The van der Waals surface area contributed by atoms with Crippen LogP contribution in [0.1, 0.15) is 29.0 Å². The molecule has 0 radical (unpaired) electrons. The highest BCUT2D eigenvalue weighted by Gasteiger charge is 2.26. The zero-order chi connectivity index (χ0) is 33.3. The molecule has 1 aliphatic rings. The van der Waals surface area contributed by atoms with Gasteiger partial charge >= 0.3 is 0 Å². The van der Waals surface area contributed by atoms with E-state index in [1.54, 1.807) is 0 Å². The van der Waals surface area contributed by atoms with Gasteiger partial charge in [-0.15, -0.1) is 0 Å². The van der Waals surface area contributed by atoms with Gasteiger partial charge in [0.2, 0.25) is 0 Å². The molecule has 2 atom stereocenters. The van der Waals surface area contributed by atoms with Crippen molar-refractivity contribution in [2.75, 3.05) is 0 Å². The monoisotopic (exact) mass is 641 g/mol. The van der Waals surface area contributed by atoms with E-state index in [0.717, 1.165) is 33.7 Å². The van der Waals surface area contributed by atoms with Gasteiger partial charge in [0.1, 0.15) is 18.2 Å². The molecule has 8 aromatic rings. The molecule has 50 heavy (non-hydrogen) atoms. The summed E-state index contributed by atoms with van der Waals surface area (Å²) in [6, 6.07) is 67.3. The van der Waals surface area contributed by atoms with Gasteiger partial charge in [-0.3, -0.25) is 5.32 Å². The molecule has 0 amide bonds. The highest BCUT2D eigenvalue weighted by Crippen LogP contribution is 2.35. The van der Waals surface area contributed by atoms with Gasteiger partial charge in [0.15, 0.2) is 0 Å². The van der Waals surface area contributed by atoms with Crippen LogP contribution in [0, 0.1) is 0 Å². The lowest BCUT2D eigenvalue weighted by Gasteiger charge is -2.32. The third kappa shape index (κ3) is 5.96. The summed E-state index contributed by atoms with van der Waals surface area (Å²) in [5, 5.41) is 12.5. The smallest absolute Gasteiger partial charge is 0.131 e. The molecule has 238 valence electrons. The summed E-state index contributed by atoms with van der Waals surface area (Å²) >= 11 is 0. The van der Waals surface area contributed by atoms with Crippen molar-refractivity contribution in [3.05, 3.63) is 205 Å². The van der Waals surface area contributed by atoms with Crippen molar-refractivity contribution in [2.45, 2.75) is 12.3 Å². The molecule has 0 fully saturated rings. The average Bonchev–Trinajstić information content (AvgIpc) is 3.21. The summed E-state index contributed by atoms with van der Waals surface area (Å²) in [5.41, 5.74) is 10.4. The lowest BCUT2D eigenvalue weighted by Crippen LogP contribution is -2.44. The Morgan fingerprint density at radius 3 is 1.40 bits per heavy atom. The minimum Gasteiger partial charge on any atom is -0.350 e. The van der Waals surface area contributed by atoms with E-state index >= 15 is 0 Å². The van der Waals surface area contributed by atoms with Crippen molar-refractivity contribution in [3.8, 4) is 33.4 Å². The number of rotatable bonds is 6. The summed E-state index contributed by atoms with van der Waals surface area (Å²) in [5.74, 6) is 0.870. The van der Waals surface area contributed by atoms with Gasteiger partial charge in [-0.25, -0.2) is 4.99 Å². The van der Waals surface area contributed by atoms with Crippen molar-refractivity contribution in [2.24, 2.45) is 4.99 Å². The second-order valence-electron chi connectivity index (χ2n) is 12.9. The number of amidine groups is 1. The maximum absolute atomic E-state index is 5.33. The molecule has 0 saturated heterocycles. The van der Waals surface area contributed by atoms with E-state index in [-0.39, 0.29) is 12.3 Å². The Kier molecular flexibility index (Phi) is 7.73. The molecule has 2 N–H and O–H groups in total. The molecule has 1 aliphatic heterocycles. The summed E-state index contributed by atoms with van der Waals surface area (Å²) in [6.45, 7) is 0. The Morgan fingerprint density at radius 2 is 0.820 bits per heavy atom. The number of nitrogens with zero attached hydrogens (tertiary/aromatic N) is 1. The van der Waals surface area contributed by atoms with Crippen LogP contribution in [0.3, 0.4) is 0 Å². The molecule has 0 spiro atoms. The topological polar surface area (TPSA) is 36.4 Å². The van der Waals surface area contributed by atoms with Gasteiger partial charge in [0.25, 0.3) is 0 Å². The number of fused-ring (bicyclic) bond motifs is 2. The van der Waals surface area contributed by atoms with Gasteiger partial charge in [-0.1, -0.05) is 158 Å². The molecule has 3 heteroatoms. The molecule has 1 heterocycles. The van der Waals surface area contributed by atoms with E-state index in [1.165, 1.54) is 43.8 Å². The molecule has 0 bridgehead atoms. The van der Waals surface area contributed by atoms with Gasteiger partial charge in [0, 0.05) is 5.56 Å². The first-order valence-electron chi connectivity index (χ1n) is 17.2. The maximum atomic E-state index is 5.33. The molecule has 0 aliphatic carbocycles. The number of hydrogen-bond donors (Lipinski definition) is 2. The van der Waals surface area contributed by atoms with Crippen LogP contribution in [-0.4, -0.2) is 5.84 Å². The number of hydrogen-bond acceptors (Lipinski definition) is 3. The minimum absolute atomic E-state index is 0.147. The number of nitrogens with one attached hydrogen (secondary N) is 2. The maximum Gasteiger partial charge on any atom is 0.131 e. The molecule has 2 unspecified atom stereocenters. The Hall–Kier alpha value is -6.29.